The Morgan fingerprint density at radius 2 is 1.74 bits per heavy atom. The van der Waals surface area contributed by atoms with Gasteiger partial charge in [0, 0.05) is 26.2 Å². The van der Waals surface area contributed by atoms with Gasteiger partial charge in [-0.2, -0.15) is 0 Å². The van der Waals surface area contributed by atoms with Gasteiger partial charge in [-0.25, -0.2) is 4.79 Å². The van der Waals surface area contributed by atoms with Crippen molar-refractivity contribution in [3.8, 4) is 0 Å². The molecule has 0 atom stereocenters. The van der Waals surface area contributed by atoms with E-state index >= 15 is 0 Å². The minimum atomic E-state index is -0.959. The zero-order valence-electron chi connectivity index (χ0n) is 11.1. The molecule has 0 aromatic heterocycles. The Balaban J connectivity index is 1.88. The number of piperidine rings is 1. The van der Waals surface area contributed by atoms with E-state index in [-0.39, 0.29) is 25.1 Å². The van der Waals surface area contributed by atoms with E-state index in [0.29, 0.717) is 25.6 Å². The first-order valence-electron chi connectivity index (χ1n) is 6.96. The van der Waals surface area contributed by atoms with Crippen LogP contribution in [0.4, 0.5) is 4.79 Å². The molecule has 1 saturated heterocycles. The van der Waals surface area contributed by atoms with Crippen LogP contribution in [0.15, 0.2) is 0 Å². The number of carboxylic acid groups (broad SMARTS) is 1. The molecule has 2 aliphatic rings. The van der Waals surface area contributed by atoms with Crippen molar-refractivity contribution in [2.45, 2.75) is 25.7 Å². The zero-order chi connectivity index (χ0) is 13.8. The summed E-state index contributed by atoms with van der Waals surface area (Å²) in [4.78, 5) is 26.3. The predicted octanol–water partition coefficient (Wildman–Crippen LogP) is 0.607. The summed E-state index contributed by atoms with van der Waals surface area (Å²) in [6.45, 7) is 1.75. The van der Waals surface area contributed by atoms with Gasteiger partial charge in [-0.3, -0.25) is 4.79 Å². The molecule has 2 rings (SSSR count). The summed E-state index contributed by atoms with van der Waals surface area (Å²) in [5.74, 6) is -0.196. The van der Waals surface area contributed by atoms with Gasteiger partial charge in [-0.1, -0.05) is 0 Å². The van der Waals surface area contributed by atoms with Gasteiger partial charge in [0.15, 0.2) is 0 Å². The number of hydrogen-bond donors (Lipinski definition) is 2. The lowest BCUT2D eigenvalue weighted by Gasteiger charge is -2.35. The number of nitrogens with zero attached hydrogens (tertiary/aromatic N) is 2. The van der Waals surface area contributed by atoms with Crippen LogP contribution in [-0.2, 0) is 4.79 Å². The van der Waals surface area contributed by atoms with E-state index in [9.17, 15) is 9.59 Å². The van der Waals surface area contributed by atoms with E-state index in [1.165, 1.54) is 4.90 Å². The van der Waals surface area contributed by atoms with Gasteiger partial charge >= 0.3 is 12.0 Å². The van der Waals surface area contributed by atoms with Crippen molar-refractivity contribution in [3.63, 3.8) is 0 Å². The van der Waals surface area contributed by atoms with Crippen molar-refractivity contribution < 1.29 is 19.8 Å². The molecule has 0 aromatic carbocycles. The molecule has 19 heavy (non-hydrogen) atoms. The lowest BCUT2D eigenvalue weighted by Crippen LogP contribution is -2.49. The van der Waals surface area contributed by atoms with Gasteiger partial charge in [-0.05, 0) is 37.5 Å². The average molecular weight is 270 g/mol. The number of aliphatic carboxylic acids is 1. The summed E-state index contributed by atoms with van der Waals surface area (Å²) in [5, 5.41) is 18.0. The first kappa shape index (κ1) is 14.1. The number of likely N-dealkylation sites (tertiary alicyclic amines) is 1. The Bertz CT molecular complexity index is 336. The fourth-order valence-electron chi connectivity index (χ4n) is 2.49. The molecule has 0 bridgehead atoms. The standard InChI is InChI=1S/C13H22N2O4/c16-9-11-3-5-14(6-4-11)13(19)15(8-12(17)18)7-10-1-2-10/h10-11,16H,1-9H2,(H,17,18). The molecule has 2 fully saturated rings. The number of urea groups is 1. The van der Waals surface area contributed by atoms with Crippen LogP contribution in [0.5, 0.6) is 0 Å². The zero-order valence-corrected chi connectivity index (χ0v) is 11.1. The van der Waals surface area contributed by atoms with E-state index in [1.807, 2.05) is 0 Å². The Kier molecular flexibility index (Phi) is 4.63. The minimum Gasteiger partial charge on any atom is -0.480 e. The third kappa shape index (κ3) is 4.09. The molecule has 1 saturated carbocycles. The topological polar surface area (TPSA) is 81.1 Å². The van der Waals surface area contributed by atoms with Gasteiger partial charge in [-0.15, -0.1) is 0 Å². The highest BCUT2D eigenvalue weighted by atomic mass is 16.4. The summed E-state index contributed by atoms with van der Waals surface area (Å²) < 4.78 is 0. The monoisotopic (exact) mass is 270 g/mol. The highest BCUT2D eigenvalue weighted by Crippen LogP contribution is 2.30. The molecule has 1 aliphatic heterocycles. The van der Waals surface area contributed by atoms with Crippen molar-refractivity contribution in [1.82, 2.24) is 9.80 Å². The van der Waals surface area contributed by atoms with Crippen LogP contribution < -0.4 is 0 Å². The van der Waals surface area contributed by atoms with Gasteiger partial charge < -0.3 is 20.0 Å². The number of carbonyl (C=O) groups excluding carboxylic acids is 1. The van der Waals surface area contributed by atoms with Crippen molar-refractivity contribution in [1.29, 1.82) is 0 Å². The van der Waals surface area contributed by atoms with Gasteiger partial charge in [0.05, 0.1) is 0 Å². The molecule has 0 radical (unpaired) electrons. The van der Waals surface area contributed by atoms with E-state index in [0.717, 1.165) is 25.7 Å². The first-order valence-corrected chi connectivity index (χ1v) is 6.96. The average Bonchev–Trinajstić information content (AvgIpc) is 3.21. The lowest BCUT2D eigenvalue weighted by atomic mass is 9.98. The molecule has 6 nitrogen and oxygen atoms in total. The van der Waals surface area contributed by atoms with E-state index in [4.69, 9.17) is 10.2 Å². The SMILES string of the molecule is O=C(O)CN(CC1CC1)C(=O)N1CCC(CO)CC1. The quantitative estimate of drug-likeness (QED) is 0.767. The number of aliphatic hydroxyl groups is 1. The fourth-order valence-corrected chi connectivity index (χ4v) is 2.49. The highest BCUT2D eigenvalue weighted by molar-refractivity contribution is 5.80. The van der Waals surface area contributed by atoms with Crippen molar-refractivity contribution in [3.05, 3.63) is 0 Å². The summed E-state index contributed by atoms with van der Waals surface area (Å²) in [6, 6.07) is -0.161. The number of aliphatic hydroxyl groups excluding tert-OH is 1. The maximum atomic E-state index is 12.3. The van der Waals surface area contributed by atoms with Crippen LogP contribution in [0, 0.1) is 11.8 Å². The van der Waals surface area contributed by atoms with Crippen molar-refractivity contribution >= 4 is 12.0 Å². The predicted molar refractivity (Wildman–Crippen MR) is 68.7 cm³/mol. The van der Waals surface area contributed by atoms with Crippen LogP contribution in [-0.4, -0.2) is 64.8 Å². The molecule has 1 heterocycles. The van der Waals surface area contributed by atoms with Gasteiger partial charge in [0.2, 0.25) is 0 Å². The third-order valence-electron chi connectivity index (χ3n) is 3.92. The van der Waals surface area contributed by atoms with Crippen LogP contribution >= 0.6 is 0 Å². The molecular weight excluding hydrogens is 248 g/mol. The van der Waals surface area contributed by atoms with Crippen LogP contribution in [0.2, 0.25) is 0 Å². The van der Waals surface area contributed by atoms with Crippen LogP contribution in [0.3, 0.4) is 0 Å². The molecule has 2 amide bonds. The molecule has 1 aliphatic carbocycles. The summed E-state index contributed by atoms with van der Waals surface area (Å²) in [7, 11) is 0. The third-order valence-corrected chi connectivity index (χ3v) is 3.92. The van der Waals surface area contributed by atoms with Crippen molar-refractivity contribution in [2.24, 2.45) is 11.8 Å². The maximum absolute atomic E-state index is 12.3. The number of carboxylic acids is 1. The Hall–Kier alpha value is -1.30. The van der Waals surface area contributed by atoms with Gasteiger partial charge in [0.1, 0.15) is 6.54 Å². The van der Waals surface area contributed by atoms with E-state index < -0.39 is 5.97 Å². The molecule has 0 unspecified atom stereocenters. The second kappa shape index (κ2) is 6.23. The summed E-state index contributed by atoms with van der Waals surface area (Å²) in [5.41, 5.74) is 0. The molecule has 0 spiro atoms. The largest absolute Gasteiger partial charge is 0.480 e. The lowest BCUT2D eigenvalue weighted by molar-refractivity contribution is -0.137. The fraction of sp³-hybridized carbons (Fsp3) is 0.846. The van der Waals surface area contributed by atoms with Gasteiger partial charge in [0.25, 0.3) is 0 Å². The Morgan fingerprint density at radius 1 is 1.11 bits per heavy atom. The normalized spacial score (nSPS) is 20.4. The van der Waals surface area contributed by atoms with Crippen LogP contribution in [0.1, 0.15) is 25.7 Å². The number of carbonyl (C=O) groups is 2. The maximum Gasteiger partial charge on any atom is 0.323 e. The summed E-state index contributed by atoms with van der Waals surface area (Å²) >= 11 is 0. The number of rotatable bonds is 5. The van der Waals surface area contributed by atoms with Crippen molar-refractivity contribution in [2.75, 3.05) is 32.8 Å². The molecule has 2 N–H and O–H groups in total. The van der Waals surface area contributed by atoms with E-state index in [1.54, 1.807) is 4.90 Å². The molecule has 0 aromatic rings. The number of hydrogen-bond acceptors (Lipinski definition) is 3. The van der Waals surface area contributed by atoms with Crippen LogP contribution in [0.25, 0.3) is 0 Å². The molecule has 108 valence electrons. The smallest absolute Gasteiger partial charge is 0.323 e. The number of amides is 2. The van der Waals surface area contributed by atoms with E-state index in [2.05, 4.69) is 0 Å². The second-order valence-electron chi connectivity index (χ2n) is 5.61. The Morgan fingerprint density at radius 3 is 2.21 bits per heavy atom. The first-order chi connectivity index (χ1) is 9.10. The second-order valence-corrected chi connectivity index (χ2v) is 5.61. The highest BCUT2D eigenvalue weighted by Gasteiger charge is 2.31. The Labute approximate surface area is 113 Å². The summed E-state index contributed by atoms with van der Waals surface area (Å²) in [6.07, 6.45) is 3.78. The molecular formula is C13H22N2O4. The molecule has 6 heteroatoms. The minimum absolute atomic E-state index is 0.161.